The average molecular weight is 236 g/mol. The summed E-state index contributed by atoms with van der Waals surface area (Å²) in [6, 6.07) is 0. The Bertz CT molecular complexity index is 475. The molecule has 0 aliphatic heterocycles. The fourth-order valence-electron chi connectivity index (χ4n) is 1.86. The first-order chi connectivity index (χ1) is 7.75. The average Bonchev–Trinajstić information content (AvgIpc) is 2.83. The molecule has 6 heteroatoms. The molecule has 0 amide bonds. The molecule has 0 aromatic carbocycles. The van der Waals surface area contributed by atoms with Gasteiger partial charge in [-0.05, 0) is 19.3 Å². The molecule has 3 rings (SSSR count). The Morgan fingerprint density at radius 2 is 2.38 bits per heavy atom. The second kappa shape index (κ2) is 3.64. The number of nitrogens with two attached hydrogens (primary N) is 1. The van der Waals surface area contributed by atoms with Crippen molar-refractivity contribution in [1.82, 2.24) is 15.1 Å². The van der Waals surface area contributed by atoms with E-state index in [1.165, 1.54) is 17.8 Å². The van der Waals surface area contributed by atoms with Crippen LogP contribution in [0.2, 0.25) is 0 Å². The summed E-state index contributed by atoms with van der Waals surface area (Å²) in [6.07, 6.45) is 3.95. The lowest BCUT2D eigenvalue weighted by Crippen LogP contribution is -2.48. The summed E-state index contributed by atoms with van der Waals surface area (Å²) in [5.41, 5.74) is 8.52. The Kier molecular flexibility index (Phi) is 2.26. The van der Waals surface area contributed by atoms with Crippen molar-refractivity contribution >= 4 is 11.3 Å². The molecule has 0 unspecified atom stereocenters. The first kappa shape index (κ1) is 9.92. The number of hydrogen-bond donors (Lipinski definition) is 1. The zero-order valence-electron chi connectivity index (χ0n) is 8.72. The molecule has 1 aliphatic carbocycles. The summed E-state index contributed by atoms with van der Waals surface area (Å²) < 4.78 is 5.18. The summed E-state index contributed by atoms with van der Waals surface area (Å²) in [5.74, 6) is 1.17. The lowest BCUT2D eigenvalue weighted by Gasteiger charge is -2.36. The van der Waals surface area contributed by atoms with E-state index in [-0.39, 0.29) is 5.54 Å². The number of hydrogen-bond acceptors (Lipinski definition) is 6. The Balaban J connectivity index is 1.78. The standard InChI is InChI=1S/C10H12N4OS/c11-10(2-1-3-10)4-8-13-9(14-15-8)7-5-16-6-12-7/h5-6H,1-4,11H2. The maximum absolute atomic E-state index is 6.12. The molecule has 2 aromatic heterocycles. The molecule has 0 bridgehead atoms. The van der Waals surface area contributed by atoms with Crippen LogP contribution in [-0.2, 0) is 6.42 Å². The predicted molar refractivity (Wildman–Crippen MR) is 59.9 cm³/mol. The molecule has 2 heterocycles. The molecule has 0 saturated heterocycles. The molecule has 1 saturated carbocycles. The summed E-state index contributed by atoms with van der Waals surface area (Å²) in [6.45, 7) is 0. The third-order valence-electron chi connectivity index (χ3n) is 2.98. The van der Waals surface area contributed by atoms with E-state index in [0.29, 0.717) is 18.1 Å². The Labute approximate surface area is 96.7 Å². The van der Waals surface area contributed by atoms with Crippen LogP contribution in [0.25, 0.3) is 11.5 Å². The van der Waals surface area contributed by atoms with Crippen molar-refractivity contribution < 1.29 is 4.52 Å². The Hall–Kier alpha value is -1.27. The van der Waals surface area contributed by atoms with Crippen LogP contribution in [0, 0.1) is 0 Å². The van der Waals surface area contributed by atoms with Gasteiger partial charge in [0.15, 0.2) is 0 Å². The van der Waals surface area contributed by atoms with Gasteiger partial charge in [-0.15, -0.1) is 11.3 Å². The van der Waals surface area contributed by atoms with Crippen molar-refractivity contribution in [1.29, 1.82) is 0 Å². The smallest absolute Gasteiger partial charge is 0.228 e. The van der Waals surface area contributed by atoms with Crippen molar-refractivity contribution in [3.05, 3.63) is 16.8 Å². The van der Waals surface area contributed by atoms with Crippen LogP contribution >= 0.6 is 11.3 Å². The van der Waals surface area contributed by atoms with Crippen LogP contribution in [0.15, 0.2) is 15.4 Å². The van der Waals surface area contributed by atoms with Crippen molar-refractivity contribution in [3.63, 3.8) is 0 Å². The summed E-state index contributed by atoms with van der Waals surface area (Å²) in [7, 11) is 0. The van der Waals surface area contributed by atoms with Gasteiger partial charge in [-0.2, -0.15) is 4.98 Å². The largest absolute Gasteiger partial charge is 0.339 e. The molecule has 2 aromatic rings. The molecule has 84 valence electrons. The maximum atomic E-state index is 6.12. The Morgan fingerprint density at radius 3 is 3.00 bits per heavy atom. The van der Waals surface area contributed by atoms with Gasteiger partial charge in [0.1, 0.15) is 5.69 Å². The number of thiazole rings is 1. The van der Waals surface area contributed by atoms with Crippen LogP contribution < -0.4 is 5.73 Å². The van der Waals surface area contributed by atoms with Gasteiger partial charge in [0, 0.05) is 17.3 Å². The molecule has 0 radical (unpaired) electrons. The van der Waals surface area contributed by atoms with Crippen LogP contribution in [0.4, 0.5) is 0 Å². The predicted octanol–water partition coefficient (Wildman–Crippen LogP) is 1.62. The van der Waals surface area contributed by atoms with Crippen LogP contribution in [0.5, 0.6) is 0 Å². The molecule has 0 atom stereocenters. The van der Waals surface area contributed by atoms with E-state index in [9.17, 15) is 0 Å². The summed E-state index contributed by atoms with van der Waals surface area (Å²) in [5, 5.41) is 5.80. The van der Waals surface area contributed by atoms with Gasteiger partial charge in [-0.25, -0.2) is 4.98 Å². The van der Waals surface area contributed by atoms with Gasteiger partial charge in [-0.3, -0.25) is 0 Å². The van der Waals surface area contributed by atoms with E-state index in [1.54, 1.807) is 5.51 Å². The monoisotopic (exact) mass is 236 g/mol. The van der Waals surface area contributed by atoms with E-state index in [2.05, 4.69) is 15.1 Å². The minimum atomic E-state index is -0.119. The van der Waals surface area contributed by atoms with Gasteiger partial charge in [0.05, 0.1) is 5.51 Å². The normalized spacial score (nSPS) is 18.3. The minimum Gasteiger partial charge on any atom is -0.339 e. The second-order valence-electron chi connectivity index (χ2n) is 4.28. The van der Waals surface area contributed by atoms with Crippen LogP contribution in [-0.4, -0.2) is 20.7 Å². The second-order valence-corrected chi connectivity index (χ2v) is 5.00. The number of aromatic nitrogens is 3. The molecule has 0 spiro atoms. The van der Waals surface area contributed by atoms with Gasteiger partial charge in [0.25, 0.3) is 0 Å². The molecular weight excluding hydrogens is 224 g/mol. The highest BCUT2D eigenvalue weighted by Crippen LogP contribution is 2.32. The molecule has 1 fully saturated rings. The van der Waals surface area contributed by atoms with Gasteiger partial charge in [-0.1, -0.05) is 5.16 Å². The van der Waals surface area contributed by atoms with Gasteiger partial charge < -0.3 is 10.3 Å². The van der Waals surface area contributed by atoms with Crippen LogP contribution in [0.3, 0.4) is 0 Å². The van der Waals surface area contributed by atoms with Gasteiger partial charge in [0.2, 0.25) is 11.7 Å². The summed E-state index contributed by atoms with van der Waals surface area (Å²) >= 11 is 1.52. The Morgan fingerprint density at radius 1 is 1.50 bits per heavy atom. The highest BCUT2D eigenvalue weighted by molar-refractivity contribution is 7.07. The van der Waals surface area contributed by atoms with Crippen molar-refractivity contribution in [2.75, 3.05) is 0 Å². The fourth-order valence-corrected chi connectivity index (χ4v) is 2.39. The topological polar surface area (TPSA) is 77.8 Å². The van der Waals surface area contributed by atoms with E-state index in [4.69, 9.17) is 10.3 Å². The fraction of sp³-hybridized carbons (Fsp3) is 0.500. The minimum absolute atomic E-state index is 0.119. The van der Waals surface area contributed by atoms with Gasteiger partial charge >= 0.3 is 0 Å². The molecule has 2 N–H and O–H groups in total. The molecule has 1 aliphatic rings. The lowest BCUT2D eigenvalue weighted by atomic mass is 9.75. The van der Waals surface area contributed by atoms with E-state index < -0.39 is 0 Å². The summed E-state index contributed by atoms with van der Waals surface area (Å²) in [4.78, 5) is 8.44. The maximum Gasteiger partial charge on any atom is 0.228 e. The first-order valence-corrected chi connectivity index (χ1v) is 6.20. The molecular formula is C10H12N4OS. The van der Waals surface area contributed by atoms with E-state index in [0.717, 1.165) is 18.5 Å². The highest BCUT2D eigenvalue weighted by atomic mass is 32.1. The lowest BCUT2D eigenvalue weighted by molar-refractivity contribution is 0.222. The third-order valence-corrected chi connectivity index (χ3v) is 3.57. The molecule has 16 heavy (non-hydrogen) atoms. The van der Waals surface area contributed by atoms with Crippen molar-refractivity contribution in [2.24, 2.45) is 5.73 Å². The quantitative estimate of drug-likeness (QED) is 0.876. The number of rotatable bonds is 3. The van der Waals surface area contributed by atoms with Crippen molar-refractivity contribution in [3.8, 4) is 11.5 Å². The van der Waals surface area contributed by atoms with Crippen molar-refractivity contribution in [2.45, 2.75) is 31.2 Å². The van der Waals surface area contributed by atoms with E-state index >= 15 is 0 Å². The first-order valence-electron chi connectivity index (χ1n) is 5.25. The van der Waals surface area contributed by atoms with E-state index in [1.807, 2.05) is 5.38 Å². The zero-order valence-corrected chi connectivity index (χ0v) is 9.54. The SMILES string of the molecule is NC1(Cc2nc(-c3cscn3)no2)CCC1. The molecule has 5 nitrogen and oxygen atoms in total. The zero-order chi connectivity index (χ0) is 11.0. The highest BCUT2D eigenvalue weighted by Gasteiger charge is 2.34. The van der Waals surface area contributed by atoms with Crippen LogP contribution in [0.1, 0.15) is 25.2 Å². The third kappa shape index (κ3) is 1.74. The number of nitrogens with zero attached hydrogens (tertiary/aromatic N) is 3.